The Hall–Kier alpha value is -2.55. The first kappa shape index (κ1) is 13.5. The van der Waals surface area contributed by atoms with Crippen LogP contribution in [0.1, 0.15) is 16.8 Å². The van der Waals surface area contributed by atoms with E-state index in [0.717, 1.165) is 0 Å². The molecule has 0 aliphatic rings. The van der Waals surface area contributed by atoms with Crippen LogP contribution >= 0.6 is 0 Å². The molecule has 0 aliphatic carbocycles. The first-order valence-electron chi connectivity index (χ1n) is 5.05. The van der Waals surface area contributed by atoms with Crippen molar-refractivity contribution in [3.8, 4) is 11.8 Å². The van der Waals surface area contributed by atoms with E-state index in [0.29, 0.717) is 5.75 Å². The third kappa shape index (κ3) is 3.22. The average molecular weight is 248 g/mol. The minimum atomic E-state index is -0.596. The van der Waals surface area contributed by atoms with E-state index in [9.17, 15) is 9.59 Å². The second kappa shape index (κ2) is 6.25. The number of anilines is 1. The molecule has 0 radical (unpaired) electrons. The SMILES string of the molecule is COC(=O)c1cc(OC)ccc1NC(=O)CC#N. The van der Waals surface area contributed by atoms with Crippen LogP contribution in [0.5, 0.6) is 5.75 Å². The predicted molar refractivity (Wildman–Crippen MR) is 63.2 cm³/mol. The molecule has 0 saturated heterocycles. The van der Waals surface area contributed by atoms with E-state index in [1.165, 1.54) is 26.4 Å². The van der Waals surface area contributed by atoms with Gasteiger partial charge in [0.2, 0.25) is 5.91 Å². The summed E-state index contributed by atoms with van der Waals surface area (Å²) in [5, 5.41) is 10.9. The third-order valence-corrected chi connectivity index (χ3v) is 2.15. The van der Waals surface area contributed by atoms with Gasteiger partial charge in [0.05, 0.1) is 31.5 Å². The molecule has 6 nitrogen and oxygen atoms in total. The number of hydrogen-bond donors (Lipinski definition) is 1. The number of nitriles is 1. The maximum atomic E-state index is 11.5. The highest BCUT2D eigenvalue weighted by molar-refractivity contribution is 6.02. The maximum Gasteiger partial charge on any atom is 0.340 e. The second-order valence-corrected chi connectivity index (χ2v) is 3.29. The van der Waals surface area contributed by atoms with Crippen molar-refractivity contribution < 1.29 is 19.1 Å². The molecule has 0 aromatic heterocycles. The minimum Gasteiger partial charge on any atom is -0.497 e. The van der Waals surface area contributed by atoms with E-state index in [1.54, 1.807) is 12.1 Å². The Bertz CT molecular complexity index is 505. The smallest absolute Gasteiger partial charge is 0.340 e. The molecule has 6 heteroatoms. The first-order chi connectivity index (χ1) is 8.62. The number of benzene rings is 1. The molecule has 0 atom stereocenters. The second-order valence-electron chi connectivity index (χ2n) is 3.29. The van der Waals surface area contributed by atoms with Crippen LogP contribution in [0, 0.1) is 11.3 Å². The van der Waals surface area contributed by atoms with Crippen molar-refractivity contribution in [1.82, 2.24) is 0 Å². The monoisotopic (exact) mass is 248 g/mol. The van der Waals surface area contributed by atoms with Gasteiger partial charge in [0, 0.05) is 0 Å². The lowest BCUT2D eigenvalue weighted by molar-refractivity contribution is -0.115. The van der Waals surface area contributed by atoms with Crippen LogP contribution < -0.4 is 10.1 Å². The Morgan fingerprint density at radius 3 is 2.67 bits per heavy atom. The van der Waals surface area contributed by atoms with Gasteiger partial charge >= 0.3 is 5.97 Å². The van der Waals surface area contributed by atoms with Gasteiger partial charge in [-0.05, 0) is 18.2 Å². The zero-order chi connectivity index (χ0) is 13.5. The molecule has 1 rings (SSSR count). The Morgan fingerprint density at radius 2 is 2.11 bits per heavy atom. The Labute approximate surface area is 104 Å². The number of methoxy groups -OCH3 is 2. The number of carbonyl (C=O) groups is 2. The van der Waals surface area contributed by atoms with Crippen molar-refractivity contribution >= 4 is 17.6 Å². The molecular formula is C12H12N2O4. The van der Waals surface area contributed by atoms with Gasteiger partial charge in [-0.1, -0.05) is 0 Å². The summed E-state index contributed by atoms with van der Waals surface area (Å²) in [6.45, 7) is 0. The van der Waals surface area contributed by atoms with Gasteiger partial charge in [-0.25, -0.2) is 4.79 Å². The Morgan fingerprint density at radius 1 is 1.39 bits per heavy atom. The van der Waals surface area contributed by atoms with Crippen molar-refractivity contribution in [3.63, 3.8) is 0 Å². The van der Waals surface area contributed by atoms with Crippen molar-refractivity contribution in [2.75, 3.05) is 19.5 Å². The zero-order valence-corrected chi connectivity index (χ0v) is 10.0. The van der Waals surface area contributed by atoms with Gasteiger partial charge in [0.1, 0.15) is 12.2 Å². The Balaban J connectivity index is 3.07. The van der Waals surface area contributed by atoms with E-state index in [4.69, 9.17) is 10.00 Å². The van der Waals surface area contributed by atoms with Crippen LogP contribution in [-0.4, -0.2) is 26.1 Å². The molecule has 1 aromatic carbocycles. The summed E-state index contributed by atoms with van der Waals surface area (Å²) in [5.41, 5.74) is 0.450. The minimum absolute atomic E-state index is 0.170. The van der Waals surface area contributed by atoms with Gasteiger partial charge in [-0.3, -0.25) is 4.79 Å². The number of ether oxygens (including phenoxy) is 2. The van der Waals surface area contributed by atoms with Gasteiger partial charge < -0.3 is 14.8 Å². The summed E-state index contributed by atoms with van der Waals surface area (Å²) >= 11 is 0. The summed E-state index contributed by atoms with van der Waals surface area (Å²) < 4.78 is 9.59. The van der Waals surface area contributed by atoms with Crippen LogP contribution in [0.3, 0.4) is 0 Å². The van der Waals surface area contributed by atoms with E-state index in [1.807, 2.05) is 0 Å². The van der Waals surface area contributed by atoms with Crippen molar-refractivity contribution in [1.29, 1.82) is 5.26 Å². The van der Waals surface area contributed by atoms with Gasteiger partial charge in [-0.15, -0.1) is 0 Å². The highest BCUT2D eigenvalue weighted by Gasteiger charge is 2.15. The molecule has 0 saturated carbocycles. The molecule has 94 valence electrons. The molecule has 0 aliphatic heterocycles. The van der Waals surface area contributed by atoms with E-state index < -0.39 is 11.9 Å². The van der Waals surface area contributed by atoms with Crippen LogP contribution in [0.15, 0.2) is 18.2 Å². The van der Waals surface area contributed by atoms with Crippen LogP contribution in [0.4, 0.5) is 5.69 Å². The number of carbonyl (C=O) groups excluding carboxylic acids is 2. The zero-order valence-electron chi connectivity index (χ0n) is 10.0. The van der Waals surface area contributed by atoms with E-state index in [2.05, 4.69) is 10.1 Å². The fourth-order valence-electron chi connectivity index (χ4n) is 1.30. The van der Waals surface area contributed by atoms with Crippen LogP contribution in [0.2, 0.25) is 0 Å². The highest BCUT2D eigenvalue weighted by atomic mass is 16.5. The molecular weight excluding hydrogens is 236 g/mol. The topological polar surface area (TPSA) is 88.4 Å². The largest absolute Gasteiger partial charge is 0.497 e. The molecule has 0 unspecified atom stereocenters. The Kier molecular flexibility index (Phi) is 4.69. The molecule has 1 amide bonds. The van der Waals surface area contributed by atoms with Crippen LogP contribution in [0.25, 0.3) is 0 Å². The average Bonchev–Trinajstić information content (AvgIpc) is 2.38. The molecule has 0 bridgehead atoms. The standard InChI is InChI=1S/C12H12N2O4/c1-17-8-3-4-10(14-11(15)5-6-13)9(7-8)12(16)18-2/h3-4,7H,5H2,1-2H3,(H,14,15). The third-order valence-electron chi connectivity index (χ3n) is 2.15. The summed E-state index contributed by atoms with van der Waals surface area (Å²) in [7, 11) is 2.70. The predicted octanol–water partition coefficient (Wildman–Crippen LogP) is 1.33. The normalized spacial score (nSPS) is 9.17. The number of rotatable bonds is 4. The van der Waals surface area contributed by atoms with E-state index >= 15 is 0 Å². The van der Waals surface area contributed by atoms with E-state index in [-0.39, 0.29) is 17.7 Å². The van der Waals surface area contributed by atoms with Gasteiger partial charge in [0.15, 0.2) is 0 Å². The fraction of sp³-hybridized carbons (Fsp3) is 0.250. The molecule has 0 spiro atoms. The molecule has 0 fully saturated rings. The molecule has 1 N–H and O–H groups in total. The number of nitrogens with zero attached hydrogens (tertiary/aromatic N) is 1. The first-order valence-corrected chi connectivity index (χ1v) is 5.05. The maximum absolute atomic E-state index is 11.5. The van der Waals surface area contributed by atoms with Gasteiger partial charge in [0.25, 0.3) is 0 Å². The summed E-state index contributed by atoms with van der Waals surface area (Å²) in [6.07, 6.45) is -0.285. The fourth-order valence-corrected chi connectivity index (χ4v) is 1.30. The van der Waals surface area contributed by atoms with Crippen molar-refractivity contribution in [3.05, 3.63) is 23.8 Å². The highest BCUT2D eigenvalue weighted by Crippen LogP contribution is 2.23. The lowest BCUT2D eigenvalue weighted by Gasteiger charge is -2.10. The quantitative estimate of drug-likeness (QED) is 0.812. The number of hydrogen-bond acceptors (Lipinski definition) is 5. The van der Waals surface area contributed by atoms with Crippen molar-refractivity contribution in [2.24, 2.45) is 0 Å². The lowest BCUT2D eigenvalue weighted by Crippen LogP contribution is -2.14. The number of esters is 1. The molecule has 1 aromatic rings. The summed E-state index contributed by atoms with van der Waals surface area (Å²) in [5.74, 6) is -0.623. The number of nitrogens with one attached hydrogen (secondary N) is 1. The lowest BCUT2D eigenvalue weighted by atomic mass is 10.1. The van der Waals surface area contributed by atoms with Crippen LogP contribution in [-0.2, 0) is 9.53 Å². The van der Waals surface area contributed by atoms with Gasteiger partial charge in [-0.2, -0.15) is 5.26 Å². The summed E-state index contributed by atoms with van der Waals surface area (Å²) in [4.78, 5) is 22.9. The number of amides is 1. The summed E-state index contributed by atoms with van der Waals surface area (Å²) in [6, 6.07) is 6.28. The van der Waals surface area contributed by atoms with Crippen molar-refractivity contribution in [2.45, 2.75) is 6.42 Å². The molecule has 0 heterocycles. The molecule has 18 heavy (non-hydrogen) atoms.